The van der Waals surface area contributed by atoms with E-state index in [1.54, 1.807) is 34.8 Å². The lowest BCUT2D eigenvalue weighted by Gasteiger charge is -2.47. The molecular formula is C77H121FN10O5. The van der Waals surface area contributed by atoms with Gasteiger partial charge < -0.3 is 40.9 Å². The number of piperidine rings is 3. The van der Waals surface area contributed by atoms with Crippen molar-refractivity contribution >= 4 is 29.5 Å². The Morgan fingerprint density at radius 2 is 1.00 bits per heavy atom. The van der Waals surface area contributed by atoms with E-state index >= 15 is 0 Å². The van der Waals surface area contributed by atoms with E-state index in [2.05, 4.69) is 152 Å². The van der Waals surface area contributed by atoms with Gasteiger partial charge in [-0.05, 0) is 259 Å². The van der Waals surface area contributed by atoms with Gasteiger partial charge in [-0.2, -0.15) is 5.10 Å². The highest BCUT2D eigenvalue weighted by atomic mass is 19.1. The van der Waals surface area contributed by atoms with Crippen LogP contribution < -0.4 is 21.3 Å². The van der Waals surface area contributed by atoms with Crippen LogP contribution in [-0.4, -0.2) is 136 Å². The molecule has 0 saturated carbocycles. The first-order valence-corrected chi connectivity index (χ1v) is 35.7. The Hall–Kier alpha value is -5.97. The van der Waals surface area contributed by atoms with Gasteiger partial charge in [-0.1, -0.05) is 117 Å². The monoisotopic (exact) mass is 1280 g/mol. The Morgan fingerprint density at radius 1 is 0.559 bits per heavy atom. The fraction of sp³-hybridized carbons (Fsp3) is 0.662. The summed E-state index contributed by atoms with van der Waals surface area (Å²) < 4.78 is 15.9. The summed E-state index contributed by atoms with van der Waals surface area (Å²) in [5.74, 6) is -0.414. The quantitative estimate of drug-likeness (QED) is 0.108. The lowest BCUT2D eigenvalue weighted by atomic mass is 9.63. The molecule has 4 aromatic rings. The Kier molecular flexibility index (Phi) is 21.9. The van der Waals surface area contributed by atoms with Gasteiger partial charge >= 0.3 is 0 Å². The SMILES string of the molecule is CC(=O)N1CCC[C@H]1C(=O)N[C@H]1CCC2(CCN(CCC(C)(C)C)CC2)c2ccccc21.CC(C)(C)CCN1CCC2(CC[C@@H](NC(=O)[C@H]3CCC(=O)N3)c3ccc(F)cc32)CC1.Cn1nccc1C(=O)N[C@H]1CCC2(CCN(CCC(C)(C)C)CC2)c2ccccc21.[HH].[HH].[HH].[HH]. The number of aromatic nitrogens is 2. The van der Waals surface area contributed by atoms with Gasteiger partial charge in [0.25, 0.3) is 5.91 Å². The van der Waals surface area contributed by atoms with Crippen molar-refractivity contribution in [3.05, 3.63) is 124 Å². The molecule has 5 aliphatic heterocycles. The number of amides is 5. The Bertz CT molecular complexity index is 3260. The van der Waals surface area contributed by atoms with Crippen LogP contribution in [0, 0.1) is 22.1 Å². The molecule has 0 bridgehead atoms. The molecule has 0 radical (unpaired) electrons. The molecule has 5 amide bonds. The van der Waals surface area contributed by atoms with Crippen molar-refractivity contribution in [1.82, 2.24) is 50.6 Å². The summed E-state index contributed by atoms with van der Waals surface area (Å²) in [6.07, 6.45) is 21.0. The van der Waals surface area contributed by atoms with Crippen molar-refractivity contribution in [3.63, 3.8) is 0 Å². The fourth-order valence-electron chi connectivity index (χ4n) is 16.7. The standard InChI is InChI=1S/C27H41N3O2.C25H36FN3O2.C25H36N4O.4H2/c1-20(31)30-16-7-10-24(30)25(32)28-23-11-12-27(22-9-6-5-8-21(22)23)14-18-29(19-15-27)17-13-26(2,3)4;1-24(2,3)10-13-29-14-11-25(12-15-29)9-8-20(18-5-4-17(26)16-19(18)25)28-23(31)21-6-7-22(30)27-21;1-24(2,3)12-16-29-17-13-25(14-18-29)11-9-21(19-7-5-6-8-20(19)25)27-23(30)22-10-15-26-28(22)4;;;;/h5-6,8-9,23-24H,7,10-19H2,1-4H3,(H,28,32);4-5,16,20-21H,6-15H2,1-3H3,(H,27,30)(H,28,31);5-8,10,15,21H,9,11-14,16-18H2,1-4H3,(H,27,30);4*1H/t23-,24-;20-,21-;21-;;;;/m010..../s1. The number of hydrogen-bond donors (Lipinski definition) is 4. The minimum Gasteiger partial charge on any atom is -0.348 e. The molecule has 12 rings (SSSR count). The Morgan fingerprint density at radius 3 is 1.43 bits per heavy atom. The number of nitrogens with one attached hydrogen (secondary N) is 4. The van der Waals surface area contributed by atoms with Crippen LogP contribution in [-0.2, 0) is 42.5 Å². The number of hydrogen-bond acceptors (Lipinski definition) is 9. The van der Waals surface area contributed by atoms with Gasteiger partial charge in [-0.3, -0.25) is 28.7 Å². The normalized spacial score (nSPS) is 24.3. The van der Waals surface area contributed by atoms with E-state index in [0.29, 0.717) is 41.3 Å². The number of carbonyl (C=O) groups excluding carboxylic acids is 5. The van der Waals surface area contributed by atoms with Crippen LogP contribution in [0.15, 0.2) is 79.0 Å². The predicted molar refractivity (Wildman–Crippen MR) is 376 cm³/mol. The predicted octanol–water partition coefficient (Wildman–Crippen LogP) is 13.7. The van der Waals surface area contributed by atoms with Gasteiger partial charge in [-0.15, -0.1) is 0 Å². The van der Waals surface area contributed by atoms with Gasteiger partial charge in [0.15, 0.2) is 0 Å². The average Bonchev–Trinajstić information content (AvgIpc) is 0.783. The molecule has 16 heteroatoms. The number of rotatable bonds is 12. The van der Waals surface area contributed by atoms with E-state index < -0.39 is 6.04 Å². The van der Waals surface area contributed by atoms with Crippen molar-refractivity contribution in [2.24, 2.45) is 23.3 Å². The number of nitrogens with zero attached hydrogens (tertiary/aromatic N) is 6. The zero-order chi connectivity index (χ0) is 66.5. The molecule has 0 unspecified atom stereocenters. The maximum absolute atomic E-state index is 14.3. The highest BCUT2D eigenvalue weighted by Crippen LogP contribution is 2.51. The molecule has 5 fully saturated rings. The van der Waals surface area contributed by atoms with Crippen LogP contribution in [0.3, 0.4) is 0 Å². The number of aryl methyl sites for hydroxylation is 1. The second-order valence-electron chi connectivity index (χ2n) is 32.8. The number of carbonyl (C=O) groups is 5. The highest BCUT2D eigenvalue weighted by molar-refractivity contribution is 5.93. The van der Waals surface area contributed by atoms with Crippen LogP contribution in [0.2, 0.25) is 0 Å². The number of benzene rings is 3. The molecule has 5 saturated heterocycles. The third kappa shape index (κ3) is 17.2. The van der Waals surface area contributed by atoms with Crippen LogP contribution in [0.5, 0.6) is 0 Å². The van der Waals surface area contributed by atoms with E-state index in [1.165, 1.54) is 99.4 Å². The maximum atomic E-state index is 14.3. The Balaban J connectivity index is 0.000000225. The van der Waals surface area contributed by atoms with E-state index in [-0.39, 0.29) is 81.5 Å². The van der Waals surface area contributed by atoms with E-state index in [9.17, 15) is 28.4 Å². The first-order chi connectivity index (χ1) is 44.1. The topological polar surface area (TPSA) is 164 Å². The zero-order valence-corrected chi connectivity index (χ0v) is 58.5. The molecule has 93 heavy (non-hydrogen) atoms. The molecule has 5 atom stereocenters. The number of fused-ring (bicyclic) bond motifs is 6. The molecule has 3 spiro atoms. The third-order valence-electron chi connectivity index (χ3n) is 22.7. The molecule has 1 aromatic heterocycles. The van der Waals surface area contributed by atoms with Crippen molar-refractivity contribution in [1.29, 1.82) is 0 Å². The van der Waals surface area contributed by atoms with Crippen molar-refractivity contribution in [2.75, 3.05) is 65.4 Å². The van der Waals surface area contributed by atoms with Crippen LogP contribution in [0.1, 0.15) is 259 Å². The lowest BCUT2D eigenvalue weighted by molar-refractivity contribution is -0.137. The maximum Gasteiger partial charge on any atom is 0.270 e. The molecule has 4 N–H and O–H groups in total. The average molecular weight is 1290 g/mol. The number of likely N-dealkylation sites (tertiary alicyclic amines) is 4. The molecular weight excluding hydrogens is 1160 g/mol. The largest absolute Gasteiger partial charge is 0.348 e. The summed E-state index contributed by atoms with van der Waals surface area (Å²) in [4.78, 5) is 71.5. The van der Waals surface area contributed by atoms with Crippen LogP contribution in [0.4, 0.5) is 4.39 Å². The first-order valence-electron chi connectivity index (χ1n) is 35.7. The van der Waals surface area contributed by atoms with Gasteiger partial charge in [0.2, 0.25) is 23.6 Å². The summed E-state index contributed by atoms with van der Waals surface area (Å²) in [6.45, 7) is 33.3. The summed E-state index contributed by atoms with van der Waals surface area (Å²) >= 11 is 0. The van der Waals surface area contributed by atoms with Crippen molar-refractivity contribution < 1.29 is 34.1 Å². The molecule has 516 valence electrons. The smallest absolute Gasteiger partial charge is 0.270 e. The van der Waals surface area contributed by atoms with E-state index in [1.807, 2.05) is 13.1 Å². The molecule has 3 aliphatic carbocycles. The molecule has 6 heterocycles. The van der Waals surface area contributed by atoms with Crippen LogP contribution in [0.25, 0.3) is 0 Å². The van der Waals surface area contributed by atoms with Crippen molar-refractivity contribution in [3.8, 4) is 0 Å². The summed E-state index contributed by atoms with van der Waals surface area (Å²) in [5.41, 5.74) is 9.87. The van der Waals surface area contributed by atoms with Gasteiger partial charge in [0.1, 0.15) is 23.6 Å². The summed E-state index contributed by atoms with van der Waals surface area (Å²) in [6, 6.07) is 23.7. The van der Waals surface area contributed by atoms with Crippen LogP contribution >= 0.6 is 0 Å². The highest BCUT2D eigenvalue weighted by Gasteiger charge is 2.47. The lowest BCUT2D eigenvalue weighted by Crippen LogP contribution is -2.49. The minimum atomic E-state index is -0.446. The zero-order valence-electron chi connectivity index (χ0n) is 58.5. The van der Waals surface area contributed by atoms with E-state index in [0.717, 1.165) is 108 Å². The minimum absolute atomic E-state index is 0. The number of halogens is 1. The summed E-state index contributed by atoms with van der Waals surface area (Å²) in [7, 11) is 1.81. The molecule has 3 aromatic carbocycles. The summed E-state index contributed by atoms with van der Waals surface area (Å²) in [5, 5.41) is 16.6. The van der Waals surface area contributed by atoms with E-state index in [4.69, 9.17) is 0 Å². The third-order valence-corrected chi connectivity index (χ3v) is 22.7. The Labute approximate surface area is 562 Å². The van der Waals surface area contributed by atoms with Crippen molar-refractivity contribution in [2.45, 2.75) is 238 Å². The van der Waals surface area contributed by atoms with Gasteiger partial charge in [-0.25, -0.2) is 4.39 Å². The second-order valence-corrected chi connectivity index (χ2v) is 32.8. The fourth-order valence-corrected chi connectivity index (χ4v) is 16.7. The van der Waals surface area contributed by atoms with Gasteiger partial charge in [0.05, 0.1) is 18.1 Å². The molecule has 8 aliphatic rings. The second kappa shape index (κ2) is 29.2. The first kappa shape index (κ1) is 69.8. The molecule has 15 nitrogen and oxygen atoms in total. The van der Waals surface area contributed by atoms with Gasteiger partial charge in [0, 0.05) is 38.8 Å².